The Morgan fingerprint density at radius 2 is 1.96 bits per heavy atom. The number of hydrogen-bond acceptors (Lipinski definition) is 3. The Morgan fingerprint density at radius 3 is 2.68 bits per heavy atom. The topological polar surface area (TPSA) is 85.3 Å². The third-order valence-electron chi connectivity index (χ3n) is 6.35. The van der Waals surface area contributed by atoms with E-state index in [-0.39, 0.29) is 11.9 Å². The molecule has 5 nitrogen and oxygen atoms in total. The fraction of sp³-hybridized carbons (Fsp3) is 0.478. The molecule has 3 N–H and O–H groups in total. The number of ketones is 1. The number of carbonyl (C=O) groups is 2. The molecule has 1 amide bonds. The van der Waals surface area contributed by atoms with Crippen molar-refractivity contribution in [1.82, 2.24) is 4.57 Å². The largest absolute Gasteiger partial charge is 0.393 e. The first kappa shape index (κ1) is 18.9. The second-order valence-corrected chi connectivity index (χ2v) is 8.36. The number of amides is 1. The Balaban J connectivity index is 1.71. The van der Waals surface area contributed by atoms with Crippen LogP contribution in [0.3, 0.4) is 0 Å². The van der Waals surface area contributed by atoms with Crippen LogP contribution in [0.2, 0.25) is 0 Å². The van der Waals surface area contributed by atoms with Crippen molar-refractivity contribution in [3.05, 3.63) is 52.3 Å². The molecule has 0 bridgehead atoms. The van der Waals surface area contributed by atoms with Gasteiger partial charge in [-0.15, -0.1) is 0 Å². The summed E-state index contributed by atoms with van der Waals surface area (Å²) in [5.41, 5.74) is 11.1. The van der Waals surface area contributed by atoms with E-state index >= 15 is 0 Å². The molecule has 1 aromatic carbocycles. The second-order valence-electron chi connectivity index (χ2n) is 8.36. The molecule has 0 aliphatic heterocycles. The van der Waals surface area contributed by atoms with Crippen LogP contribution in [0.1, 0.15) is 76.1 Å². The number of aliphatic hydroxyl groups excluding tert-OH is 1. The van der Waals surface area contributed by atoms with E-state index in [0.29, 0.717) is 17.9 Å². The maximum Gasteiger partial charge on any atom is 0.248 e. The average Bonchev–Trinajstić information content (AvgIpc) is 3.01. The zero-order valence-corrected chi connectivity index (χ0v) is 16.4. The van der Waals surface area contributed by atoms with E-state index in [2.05, 4.69) is 10.6 Å². The fourth-order valence-corrected chi connectivity index (χ4v) is 4.88. The number of nitrogens with two attached hydrogens (primary N) is 1. The van der Waals surface area contributed by atoms with Gasteiger partial charge in [-0.05, 0) is 87.1 Å². The van der Waals surface area contributed by atoms with Crippen molar-refractivity contribution in [1.29, 1.82) is 0 Å². The van der Waals surface area contributed by atoms with Gasteiger partial charge < -0.3 is 15.4 Å². The maximum absolute atomic E-state index is 12.4. The van der Waals surface area contributed by atoms with Crippen LogP contribution in [0, 0.1) is 12.8 Å². The molecule has 0 spiro atoms. The van der Waals surface area contributed by atoms with Gasteiger partial charge in [0, 0.05) is 35.1 Å². The molecule has 2 aromatic rings. The molecule has 2 aliphatic rings. The molecule has 0 unspecified atom stereocenters. The minimum atomic E-state index is -0.404. The number of nitrogens with zero attached hydrogens (tertiary/aromatic N) is 1. The molecule has 4 rings (SSSR count). The quantitative estimate of drug-likeness (QED) is 0.851. The van der Waals surface area contributed by atoms with E-state index in [1.54, 1.807) is 0 Å². The minimum Gasteiger partial charge on any atom is -0.393 e. The number of fused-ring (bicyclic) bond motifs is 1. The van der Waals surface area contributed by atoms with E-state index < -0.39 is 5.91 Å². The normalized spacial score (nSPS) is 22.1. The van der Waals surface area contributed by atoms with E-state index in [1.165, 1.54) is 0 Å². The number of primary amides is 1. The first-order valence-corrected chi connectivity index (χ1v) is 10.3. The van der Waals surface area contributed by atoms with Crippen LogP contribution in [-0.4, -0.2) is 27.5 Å². The lowest BCUT2D eigenvalue weighted by atomic mass is 9.82. The number of carbonyl (C=O) groups excluding carboxylic acids is 2. The molecule has 1 saturated carbocycles. The monoisotopic (exact) mass is 380 g/mol. The van der Waals surface area contributed by atoms with Crippen LogP contribution >= 0.6 is 0 Å². The van der Waals surface area contributed by atoms with Crippen molar-refractivity contribution in [2.75, 3.05) is 0 Å². The Hall–Kier alpha value is -2.40. The summed E-state index contributed by atoms with van der Waals surface area (Å²) in [4.78, 5) is 24.3. The van der Waals surface area contributed by atoms with Crippen LogP contribution in [-0.2, 0) is 12.8 Å². The molecule has 1 fully saturated rings. The summed E-state index contributed by atoms with van der Waals surface area (Å²) in [6, 6.07) is 5.80. The summed E-state index contributed by atoms with van der Waals surface area (Å²) in [7, 11) is 0. The molecule has 0 atom stereocenters. The number of rotatable bonds is 4. The predicted octanol–water partition coefficient (Wildman–Crippen LogP) is 3.50. The van der Waals surface area contributed by atoms with Crippen molar-refractivity contribution in [2.45, 2.75) is 64.4 Å². The molecular formula is C23H28N2O3. The maximum atomic E-state index is 12.4. The van der Waals surface area contributed by atoms with Crippen molar-refractivity contribution >= 4 is 11.7 Å². The Labute approximate surface area is 165 Å². The lowest BCUT2D eigenvalue weighted by Crippen LogP contribution is -2.21. The number of hydrogen-bond donors (Lipinski definition) is 2. The second kappa shape index (κ2) is 7.55. The molecule has 0 saturated heterocycles. The van der Waals surface area contributed by atoms with Gasteiger partial charge in [0.25, 0.3) is 0 Å². The highest BCUT2D eigenvalue weighted by atomic mass is 16.3. The Morgan fingerprint density at radius 1 is 1.21 bits per heavy atom. The highest BCUT2D eigenvalue weighted by Crippen LogP contribution is 2.32. The molecule has 2 aliphatic carbocycles. The average molecular weight is 380 g/mol. The van der Waals surface area contributed by atoms with E-state index in [1.807, 2.05) is 25.3 Å². The lowest BCUT2D eigenvalue weighted by Gasteiger charge is -2.26. The fourth-order valence-electron chi connectivity index (χ4n) is 4.88. The van der Waals surface area contributed by atoms with Crippen molar-refractivity contribution in [3.63, 3.8) is 0 Å². The summed E-state index contributed by atoms with van der Waals surface area (Å²) >= 11 is 0. The summed E-state index contributed by atoms with van der Waals surface area (Å²) in [5, 5.41) is 9.76. The van der Waals surface area contributed by atoms with Crippen molar-refractivity contribution < 1.29 is 14.7 Å². The van der Waals surface area contributed by atoms with Crippen LogP contribution in [0.5, 0.6) is 0 Å². The number of benzene rings is 1. The Bertz CT molecular complexity index is 920. The summed E-state index contributed by atoms with van der Waals surface area (Å²) in [5.74, 6) is 0.282. The first-order valence-electron chi connectivity index (χ1n) is 10.3. The molecule has 0 radical (unpaired) electrons. The zero-order valence-electron chi connectivity index (χ0n) is 16.4. The molecule has 1 aromatic heterocycles. The van der Waals surface area contributed by atoms with Gasteiger partial charge in [0.2, 0.25) is 5.91 Å². The van der Waals surface area contributed by atoms with E-state index in [9.17, 15) is 14.7 Å². The SMILES string of the molecule is Cc1cn(-c2ccc(C(N)=O)c(CC3CCC(O)CC3)c2)c2c1C(=O)CCC2. The van der Waals surface area contributed by atoms with Crippen molar-refractivity contribution in [3.8, 4) is 5.69 Å². The number of aryl methyl sites for hydroxylation is 1. The molecular weight excluding hydrogens is 352 g/mol. The molecule has 5 heteroatoms. The van der Waals surface area contributed by atoms with Gasteiger partial charge in [-0.1, -0.05) is 0 Å². The van der Waals surface area contributed by atoms with Gasteiger partial charge in [0.1, 0.15) is 0 Å². The summed E-state index contributed by atoms with van der Waals surface area (Å²) < 4.78 is 2.11. The van der Waals surface area contributed by atoms with Gasteiger partial charge in [-0.25, -0.2) is 0 Å². The minimum absolute atomic E-state index is 0.190. The molecule has 1 heterocycles. The van der Waals surface area contributed by atoms with Gasteiger partial charge in [-0.2, -0.15) is 0 Å². The number of aliphatic hydroxyl groups is 1. The van der Waals surface area contributed by atoms with Gasteiger partial charge in [0.15, 0.2) is 5.78 Å². The van der Waals surface area contributed by atoms with E-state index in [4.69, 9.17) is 5.73 Å². The van der Waals surface area contributed by atoms with Gasteiger partial charge >= 0.3 is 0 Å². The number of aromatic nitrogens is 1. The first-order chi connectivity index (χ1) is 13.4. The lowest BCUT2D eigenvalue weighted by molar-refractivity contribution is 0.0969. The van der Waals surface area contributed by atoms with Gasteiger partial charge in [-0.3, -0.25) is 9.59 Å². The molecule has 28 heavy (non-hydrogen) atoms. The predicted molar refractivity (Wildman–Crippen MR) is 108 cm³/mol. The van der Waals surface area contributed by atoms with Crippen LogP contribution < -0.4 is 5.73 Å². The van der Waals surface area contributed by atoms with Crippen LogP contribution in [0.25, 0.3) is 5.69 Å². The summed E-state index contributed by atoms with van der Waals surface area (Å²) in [6.07, 6.45) is 8.61. The highest BCUT2D eigenvalue weighted by Gasteiger charge is 2.25. The van der Waals surface area contributed by atoms with Crippen molar-refractivity contribution in [2.24, 2.45) is 11.7 Å². The third-order valence-corrected chi connectivity index (χ3v) is 6.35. The summed E-state index contributed by atoms with van der Waals surface area (Å²) in [6.45, 7) is 1.99. The molecule has 148 valence electrons. The van der Waals surface area contributed by atoms with Crippen LogP contribution in [0.4, 0.5) is 0 Å². The standard InChI is InChI=1S/C23H28N2O3/c1-14-13-25(20-3-2-4-21(27)22(14)20)17-7-10-19(23(24)28)16(12-17)11-15-5-8-18(26)9-6-15/h7,10,12-13,15,18,26H,2-6,8-9,11H2,1H3,(H2,24,28). The zero-order chi connectivity index (χ0) is 19.8. The number of Topliss-reactive ketones (excluding diaryl/α,β-unsaturated/α-hetero) is 1. The van der Waals surface area contributed by atoms with Crippen LogP contribution in [0.15, 0.2) is 24.4 Å². The van der Waals surface area contributed by atoms with Gasteiger partial charge in [0.05, 0.1) is 6.10 Å². The smallest absolute Gasteiger partial charge is 0.248 e. The Kier molecular flexibility index (Phi) is 5.11. The highest BCUT2D eigenvalue weighted by molar-refractivity contribution is 6.00. The van der Waals surface area contributed by atoms with E-state index in [0.717, 1.165) is 73.0 Å². The third kappa shape index (κ3) is 3.51.